The van der Waals surface area contributed by atoms with Gasteiger partial charge >= 0.3 is 0 Å². The van der Waals surface area contributed by atoms with Crippen LogP contribution in [0.4, 0.5) is 0 Å². The van der Waals surface area contributed by atoms with Crippen LogP contribution in [-0.2, 0) is 11.3 Å². The average Bonchev–Trinajstić information content (AvgIpc) is 2.04. The second kappa shape index (κ2) is 4.18. The van der Waals surface area contributed by atoms with Crippen LogP contribution in [0, 0.1) is 0 Å². The highest BCUT2D eigenvalue weighted by molar-refractivity contribution is 7.76. The summed E-state index contributed by atoms with van der Waals surface area (Å²) < 4.78 is 22.9. The molecule has 0 amide bonds. The van der Waals surface area contributed by atoms with Crippen molar-refractivity contribution in [1.82, 2.24) is 4.31 Å². The van der Waals surface area contributed by atoms with Crippen molar-refractivity contribution < 1.29 is 8.76 Å². The van der Waals surface area contributed by atoms with Crippen LogP contribution >= 0.6 is 0 Å². The van der Waals surface area contributed by atoms with Crippen molar-refractivity contribution in [2.75, 3.05) is 6.54 Å². The zero-order valence-electron chi connectivity index (χ0n) is 6.78. The van der Waals surface area contributed by atoms with Crippen molar-refractivity contribution in [1.29, 1.82) is 0 Å². The van der Waals surface area contributed by atoms with E-state index in [9.17, 15) is 8.76 Å². The number of hydrogen-bond donors (Lipinski definition) is 0. The largest absolute Gasteiger partial charge is 0.760 e. The lowest BCUT2D eigenvalue weighted by Crippen LogP contribution is -2.39. The first-order valence-electron chi connectivity index (χ1n) is 4.11. The van der Waals surface area contributed by atoms with Gasteiger partial charge in [0.25, 0.3) is 0 Å². The molecule has 1 aliphatic heterocycles. The van der Waals surface area contributed by atoms with Crippen LogP contribution in [0.2, 0.25) is 0 Å². The maximum atomic E-state index is 10.6. The Morgan fingerprint density at radius 3 is 2.82 bits per heavy atom. The molecule has 0 aromatic carbocycles. The van der Waals surface area contributed by atoms with Crippen LogP contribution in [0.3, 0.4) is 0 Å². The van der Waals surface area contributed by atoms with Crippen LogP contribution < -0.4 is 0 Å². The molecule has 2 unspecified atom stereocenters. The first-order valence-corrected chi connectivity index (χ1v) is 5.15. The fourth-order valence-electron chi connectivity index (χ4n) is 1.58. The Morgan fingerprint density at radius 2 is 2.36 bits per heavy atom. The minimum absolute atomic E-state index is 0.266. The smallest absolute Gasteiger partial charge is 0.0212 e. The Kier molecular flexibility index (Phi) is 3.48. The van der Waals surface area contributed by atoms with E-state index < -0.39 is 11.3 Å². The van der Waals surface area contributed by atoms with Crippen LogP contribution in [-0.4, -0.2) is 25.7 Å². The van der Waals surface area contributed by atoms with E-state index in [1.807, 2.05) is 6.92 Å². The number of piperidine rings is 1. The van der Waals surface area contributed by atoms with Crippen molar-refractivity contribution in [2.45, 2.75) is 38.6 Å². The highest BCUT2D eigenvalue weighted by Crippen LogP contribution is 2.19. The lowest BCUT2D eigenvalue weighted by atomic mass is 10.0. The van der Waals surface area contributed by atoms with Crippen LogP contribution in [0.15, 0.2) is 0 Å². The van der Waals surface area contributed by atoms with Gasteiger partial charge in [0.15, 0.2) is 0 Å². The third-order valence-electron chi connectivity index (χ3n) is 2.24. The van der Waals surface area contributed by atoms with Gasteiger partial charge in [-0.05, 0) is 19.3 Å². The van der Waals surface area contributed by atoms with E-state index in [0.29, 0.717) is 6.54 Å². The molecule has 66 valence electrons. The monoisotopic (exact) mass is 176 g/mol. The van der Waals surface area contributed by atoms with E-state index in [2.05, 4.69) is 0 Å². The summed E-state index contributed by atoms with van der Waals surface area (Å²) in [6.07, 6.45) is 4.16. The van der Waals surface area contributed by atoms with E-state index in [-0.39, 0.29) is 6.04 Å². The van der Waals surface area contributed by atoms with Gasteiger partial charge in [-0.1, -0.05) is 13.3 Å². The standard InChI is InChI=1S/C7H15NO2S/c1-2-7-5-3-4-6-8(7)11(9)10/h7H,2-6H2,1H3,(H,9,10)/p-1. The molecule has 0 aliphatic carbocycles. The van der Waals surface area contributed by atoms with Gasteiger partial charge in [0.05, 0.1) is 0 Å². The highest BCUT2D eigenvalue weighted by Gasteiger charge is 2.20. The Morgan fingerprint density at radius 1 is 1.64 bits per heavy atom. The normalized spacial score (nSPS) is 30.2. The number of rotatable bonds is 2. The molecule has 0 bridgehead atoms. The van der Waals surface area contributed by atoms with E-state index >= 15 is 0 Å². The molecule has 1 fully saturated rings. The van der Waals surface area contributed by atoms with Crippen molar-refractivity contribution in [2.24, 2.45) is 0 Å². The summed E-state index contributed by atoms with van der Waals surface area (Å²) in [6, 6.07) is 0.266. The molecule has 0 spiro atoms. The minimum atomic E-state index is -2.00. The predicted octanol–water partition coefficient (Wildman–Crippen LogP) is 1.05. The number of nitrogens with zero attached hydrogens (tertiary/aromatic N) is 1. The number of hydrogen-bond acceptors (Lipinski definition) is 2. The van der Waals surface area contributed by atoms with Crippen LogP contribution in [0.5, 0.6) is 0 Å². The van der Waals surface area contributed by atoms with Gasteiger partial charge < -0.3 is 4.55 Å². The molecule has 0 radical (unpaired) electrons. The van der Waals surface area contributed by atoms with Gasteiger partial charge in [0.2, 0.25) is 0 Å². The van der Waals surface area contributed by atoms with Crippen molar-refractivity contribution in [3.05, 3.63) is 0 Å². The quantitative estimate of drug-likeness (QED) is 0.590. The fraction of sp³-hybridized carbons (Fsp3) is 1.00. The van der Waals surface area contributed by atoms with Crippen molar-refractivity contribution in [3.63, 3.8) is 0 Å². The molecule has 0 aromatic rings. The van der Waals surface area contributed by atoms with Crippen LogP contribution in [0.1, 0.15) is 32.6 Å². The Bertz CT molecular complexity index is 151. The zero-order chi connectivity index (χ0) is 8.27. The molecular weight excluding hydrogens is 162 g/mol. The van der Waals surface area contributed by atoms with Gasteiger partial charge in [0.1, 0.15) is 0 Å². The maximum Gasteiger partial charge on any atom is 0.0212 e. The predicted molar refractivity (Wildman–Crippen MR) is 43.6 cm³/mol. The molecule has 0 aromatic heterocycles. The summed E-state index contributed by atoms with van der Waals surface area (Å²) >= 11 is -2.00. The molecule has 3 nitrogen and oxygen atoms in total. The first-order chi connectivity index (χ1) is 5.25. The Hall–Kier alpha value is 0.0700. The summed E-state index contributed by atoms with van der Waals surface area (Å²) in [6.45, 7) is 2.75. The first kappa shape index (κ1) is 9.16. The topological polar surface area (TPSA) is 43.4 Å². The third kappa shape index (κ3) is 2.25. The molecule has 2 atom stereocenters. The van der Waals surface area contributed by atoms with E-state index in [4.69, 9.17) is 0 Å². The lowest BCUT2D eigenvalue weighted by Gasteiger charge is -2.35. The zero-order valence-corrected chi connectivity index (χ0v) is 7.60. The maximum absolute atomic E-state index is 10.6. The molecule has 0 N–H and O–H groups in total. The molecule has 1 heterocycles. The summed E-state index contributed by atoms with van der Waals surface area (Å²) in [4.78, 5) is 0. The van der Waals surface area contributed by atoms with Gasteiger partial charge in [0, 0.05) is 23.9 Å². The molecule has 0 saturated carbocycles. The third-order valence-corrected chi connectivity index (χ3v) is 3.10. The second-order valence-electron chi connectivity index (χ2n) is 2.92. The summed E-state index contributed by atoms with van der Waals surface area (Å²) in [7, 11) is 0. The van der Waals surface area contributed by atoms with E-state index in [1.165, 1.54) is 6.42 Å². The molecule has 1 saturated heterocycles. The highest BCUT2D eigenvalue weighted by atomic mass is 32.2. The van der Waals surface area contributed by atoms with Crippen molar-refractivity contribution in [3.8, 4) is 0 Å². The molecule has 4 heteroatoms. The SMILES string of the molecule is CCC1CCCCN1S(=O)[O-]. The van der Waals surface area contributed by atoms with Crippen LogP contribution in [0.25, 0.3) is 0 Å². The Balaban J connectivity index is 2.51. The fourth-order valence-corrected chi connectivity index (χ4v) is 2.35. The minimum Gasteiger partial charge on any atom is -0.760 e. The van der Waals surface area contributed by atoms with Gasteiger partial charge in [-0.15, -0.1) is 0 Å². The van der Waals surface area contributed by atoms with Gasteiger partial charge in [-0.3, -0.25) is 4.21 Å². The molecule has 1 aliphatic rings. The van der Waals surface area contributed by atoms with Gasteiger partial charge in [-0.25, -0.2) is 4.31 Å². The second-order valence-corrected chi connectivity index (χ2v) is 3.82. The molecule has 1 rings (SSSR count). The van der Waals surface area contributed by atoms with Gasteiger partial charge in [-0.2, -0.15) is 0 Å². The summed E-state index contributed by atoms with van der Waals surface area (Å²) in [5, 5.41) is 0. The lowest BCUT2D eigenvalue weighted by molar-refractivity contribution is 0.240. The summed E-state index contributed by atoms with van der Waals surface area (Å²) in [5.74, 6) is 0. The van der Waals surface area contributed by atoms with E-state index in [1.54, 1.807) is 4.31 Å². The molecular formula is C7H14NO2S-. The average molecular weight is 176 g/mol. The van der Waals surface area contributed by atoms with E-state index in [0.717, 1.165) is 19.3 Å². The molecule has 11 heavy (non-hydrogen) atoms. The summed E-state index contributed by atoms with van der Waals surface area (Å²) in [5.41, 5.74) is 0. The van der Waals surface area contributed by atoms with Crippen molar-refractivity contribution >= 4 is 11.3 Å². The Labute approximate surface area is 70.2 Å².